The third kappa shape index (κ3) is 4.29. The van der Waals surface area contributed by atoms with Gasteiger partial charge in [0.2, 0.25) is 0 Å². The maximum absolute atomic E-state index is 10.9. The molecule has 1 aliphatic rings. The molecule has 21 heavy (non-hydrogen) atoms. The molecule has 3 nitrogen and oxygen atoms in total. The standard InChI is InChI=1S/C17H24BrNO2/c1-17(2,3)14-7-8-16(18)13(11-14)9-12-5-4-6-15(10-12)19(20)21/h4-6,10,13-14,16H,7-9,11H2,1-3H3. The van der Waals surface area contributed by atoms with Crippen molar-refractivity contribution in [2.75, 3.05) is 0 Å². The van der Waals surface area contributed by atoms with Crippen LogP contribution in [0.2, 0.25) is 0 Å². The van der Waals surface area contributed by atoms with Crippen molar-refractivity contribution in [1.82, 2.24) is 0 Å². The number of nitrogens with zero attached hydrogens (tertiary/aromatic N) is 1. The number of benzene rings is 1. The first kappa shape index (κ1) is 16.5. The summed E-state index contributed by atoms with van der Waals surface area (Å²) in [5.41, 5.74) is 1.61. The first-order valence-electron chi connectivity index (χ1n) is 7.65. The van der Waals surface area contributed by atoms with Gasteiger partial charge in [0.15, 0.2) is 0 Å². The number of hydrogen-bond acceptors (Lipinski definition) is 2. The maximum atomic E-state index is 10.9. The van der Waals surface area contributed by atoms with Crippen molar-refractivity contribution in [1.29, 1.82) is 0 Å². The molecule has 4 heteroatoms. The summed E-state index contributed by atoms with van der Waals surface area (Å²) in [6, 6.07) is 7.09. The number of rotatable bonds is 3. The SMILES string of the molecule is CC(C)(C)C1CCC(Br)C(Cc2cccc([N+](=O)[O-])c2)C1. The van der Waals surface area contributed by atoms with E-state index >= 15 is 0 Å². The number of alkyl halides is 1. The van der Waals surface area contributed by atoms with Crippen LogP contribution < -0.4 is 0 Å². The number of hydrogen-bond donors (Lipinski definition) is 0. The summed E-state index contributed by atoms with van der Waals surface area (Å²) >= 11 is 3.82. The van der Waals surface area contributed by atoms with Gasteiger partial charge in [-0.25, -0.2) is 0 Å². The van der Waals surface area contributed by atoms with E-state index in [0.29, 0.717) is 16.2 Å². The van der Waals surface area contributed by atoms with Gasteiger partial charge in [0.25, 0.3) is 5.69 Å². The van der Waals surface area contributed by atoms with Gasteiger partial charge in [-0.05, 0) is 48.5 Å². The number of halogens is 1. The lowest BCUT2D eigenvalue weighted by Crippen LogP contribution is -2.33. The Morgan fingerprint density at radius 1 is 1.33 bits per heavy atom. The molecule has 1 aromatic rings. The third-order valence-electron chi connectivity index (χ3n) is 4.73. The lowest BCUT2D eigenvalue weighted by atomic mass is 9.68. The van der Waals surface area contributed by atoms with Crippen LogP contribution in [-0.2, 0) is 6.42 Å². The van der Waals surface area contributed by atoms with Gasteiger partial charge in [-0.1, -0.05) is 48.8 Å². The van der Waals surface area contributed by atoms with Crippen LogP contribution in [0.25, 0.3) is 0 Å². The highest BCUT2D eigenvalue weighted by Crippen LogP contribution is 2.43. The highest BCUT2D eigenvalue weighted by Gasteiger charge is 2.34. The van der Waals surface area contributed by atoms with Crippen LogP contribution >= 0.6 is 15.9 Å². The lowest BCUT2D eigenvalue weighted by molar-refractivity contribution is -0.384. The smallest absolute Gasteiger partial charge is 0.258 e. The molecule has 3 atom stereocenters. The lowest BCUT2D eigenvalue weighted by Gasteiger charge is -2.40. The van der Waals surface area contributed by atoms with E-state index in [4.69, 9.17) is 0 Å². The molecule has 1 aromatic carbocycles. The van der Waals surface area contributed by atoms with Crippen molar-refractivity contribution in [3.05, 3.63) is 39.9 Å². The van der Waals surface area contributed by atoms with Gasteiger partial charge in [0.05, 0.1) is 4.92 Å². The van der Waals surface area contributed by atoms with Gasteiger partial charge in [-0.15, -0.1) is 0 Å². The summed E-state index contributed by atoms with van der Waals surface area (Å²) in [6.07, 6.45) is 4.58. The number of nitro groups is 1. The third-order valence-corrected chi connectivity index (χ3v) is 5.94. The van der Waals surface area contributed by atoms with Crippen molar-refractivity contribution >= 4 is 21.6 Å². The minimum atomic E-state index is -0.312. The van der Waals surface area contributed by atoms with Gasteiger partial charge < -0.3 is 0 Å². The van der Waals surface area contributed by atoms with Gasteiger partial charge in [0, 0.05) is 17.0 Å². The fourth-order valence-corrected chi connectivity index (χ4v) is 3.99. The topological polar surface area (TPSA) is 43.1 Å². The number of non-ortho nitro benzene ring substituents is 1. The summed E-state index contributed by atoms with van der Waals surface area (Å²) in [4.78, 5) is 11.1. The Morgan fingerprint density at radius 2 is 2.05 bits per heavy atom. The molecule has 0 amide bonds. The molecule has 0 aliphatic heterocycles. The molecule has 116 valence electrons. The van der Waals surface area contributed by atoms with Gasteiger partial charge in [-0.2, -0.15) is 0 Å². The Labute approximate surface area is 135 Å². The van der Waals surface area contributed by atoms with E-state index < -0.39 is 0 Å². The predicted molar refractivity (Wildman–Crippen MR) is 89.8 cm³/mol. The van der Waals surface area contributed by atoms with Crippen LogP contribution in [0.3, 0.4) is 0 Å². The minimum absolute atomic E-state index is 0.196. The first-order valence-corrected chi connectivity index (χ1v) is 8.56. The highest BCUT2D eigenvalue weighted by molar-refractivity contribution is 9.09. The maximum Gasteiger partial charge on any atom is 0.269 e. The van der Waals surface area contributed by atoms with Crippen molar-refractivity contribution < 1.29 is 4.92 Å². The molecule has 0 bridgehead atoms. The molecule has 0 N–H and O–H groups in total. The summed E-state index contributed by atoms with van der Waals surface area (Å²) < 4.78 is 0. The zero-order valence-corrected chi connectivity index (χ0v) is 14.6. The normalized spacial score (nSPS) is 26.6. The molecule has 2 rings (SSSR count). The van der Waals surface area contributed by atoms with Crippen LogP contribution in [0.15, 0.2) is 24.3 Å². The van der Waals surface area contributed by atoms with Crippen molar-refractivity contribution in [3.63, 3.8) is 0 Å². The molecule has 0 saturated heterocycles. The van der Waals surface area contributed by atoms with E-state index in [0.717, 1.165) is 17.9 Å². The molecular weight excluding hydrogens is 330 g/mol. The first-order chi connectivity index (χ1) is 9.77. The summed E-state index contributed by atoms with van der Waals surface area (Å²) in [7, 11) is 0. The van der Waals surface area contributed by atoms with Crippen molar-refractivity contribution in [2.45, 2.75) is 51.3 Å². The molecule has 0 radical (unpaired) electrons. The summed E-state index contributed by atoms with van der Waals surface area (Å²) in [5.74, 6) is 1.29. The van der Waals surface area contributed by atoms with E-state index in [9.17, 15) is 10.1 Å². The molecule has 0 aromatic heterocycles. The second-order valence-electron chi connectivity index (χ2n) is 7.28. The predicted octanol–water partition coefficient (Wildman–Crippen LogP) is 5.36. The van der Waals surface area contributed by atoms with Crippen LogP contribution in [-0.4, -0.2) is 9.75 Å². The van der Waals surface area contributed by atoms with Crippen LogP contribution in [0.4, 0.5) is 5.69 Å². The van der Waals surface area contributed by atoms with Crippen molar-refractivity contribution in [2.24, 2.45) is 17.3 Å². The van der Waals surface area contributed by atoms with Gasteiger partial charge >= 0.3 is 0 Å². The molecule has 3 unspecified atom stereocenters. The largest absolute Gasteiger partial charge is 0.269 e. The van der Waals surface area contributed by atoms with Gasteiger partial charge in [0.1, 0.15) is 0 Å². The van der Waals surface area contributed by atoms with E-state index in [-0.39, 0.29) is 10.6 Å². The fraction of sp³-hybridized carbons (Fsp3) is 0.647. The van der Waals surface area contributed by atoms with Crippen molar-refractivity contribution in [3.8, 4) is 0 Å². The number of nitro benzene ring substituents is 1. The Bertz CT molecular complexity index is 510. The Kier molecular flexibility index (Phi) is 5.07. The second kappa shape index (κ2) is 6.47. The monoisotopic (exact) mass is 353 g/mol. The Balaban J connectivity index is 2.10. The van der Waals surface area contributed by atoms with Crippen LogP contribution in [0, 0.1) is 27.4 Å². The van der Waals surface area contributed by atoms with Gasteiger partial charge in [-0.3, -0.25) is 10.1 Å². The fourth-order valence-electron chi connectivity index (χ4n) is 3.32. The summed E-state index contributed by atoms with van der Waals surface area (Å²) in [5, 5.41) is 10.9. The van der Waals surface area contributed by atoms with E-state index in [2.05, 4.69) is 36.7 Å². The molecule has 0 spiro atoms. The van der Waals surface area contributed by atoms with E-state index in [1.165, 1.54) is 19.3 Å². The summed E-state index contributed by atoms with van der Waals surface area (Å²) in [6.45, 7) is 6.95. The zero-order chi connectivity index (χ0) is 15.6. The van der Waals surface area contributed by atoms with E-state index in [1.54, 1.807) is 18.2 Å². The average Bonchev–Trinajstić information content (AvgIpc) is 2.40. The average molecular weight is 354 g/mol. The molecule has 0 heterocycles. The zero-order valence-electron chi connectivity index (χ0n) is 13.0. The Morgan fingerprint density at radius 3 is 2.67 bits per heavy atom. The van der Waals surface area contributed by atoms with Crippen LogP contribution in [0.5, 0.6) is 0 Å². The van der Waals surface area contributed by atoms with Crippen LogP contribution in [0.1, 0.15) is 45.6 Å². The molecule has 1 aliphatic carbocycles. The highest BCUT2D eigenvalue weighted by atomic mass is 79.9. The second-order valence-corrected chi connectivity index (χ2v) is 8.46. The molecule has 1 fully saturated rings. The minimum Gasteiger partial charge on any atom is -0.258 e. The quantitative estimate of drug-likeness (QED) is 0.416. The molecular formula is C17H24BrNO2. The molecule has 1 saturated carbocycles. The Hall–Kier alpha value is -0.900. The van der Waals surface area contributed by atoms with E-state index in [1.807, 2.05) is 6.07 Å².